The van der Waals surface area contributed by atoms with Crippen molar-refractivity contribution in [3.05, 3.63) is 47.3 Å². The number of hydrogen-bond acceptors (Lipinski definition) is 4. The second-order valence-corrected chi connectivity index (χ2v) is 7.18. The Morgan fingerprint density at radius 2 is 1.88 bits per heavy atom. The summed E-state index contributed by atoms with van der Waals surface area (Å²) in [5, 5.41) is 0. The van der Waals surface area contributed by atoms with Gasteiger partial charge in [0.15, 0.2) is 0 Å². The Labute approximate surface area is 141 Å². The summed E-state index contributed by atoms with van der Waals surface area (Å²) in [4.78, 5) is 8.99. The summed E-state index contributed by atoms with van der Waals surface area (Å²) in [6.45, 7) is 10.3. The van der Waals surface area contributed by atoms with Crippen molar-refractivity contribution in [2.75, 3.05) is 13.2 Å². The predicted octanol–water partition coefficient (Wildman–Crippen LogP) is 3.50. The van der Waals surface area contributed by atoms with Gasteiger partial charge in [0.05, 0.1) is 5.54 Å². The largest absolute Gasteiger partial charge is 0.473 e. The second kappa shape index (κ2) is 6.07. The van der Waals surface area contributed by atoms with Gasteiger partial charge in [0.1, 0.15) is 30.7 Å². The van der Waals surface area contributed by atoms with Crippen LogP contribution in [0.15, 0.2) is 35.1 Å². The molecule has 0 aliphatic carbocycles. The maximum Gasteiger partial charge on any atom is 0.214 e. The molecule has 2 heterocycles. The molecule has 0 bridgehead atoms. The second-order valence-electron chi connectivity index (χ2n) is 7.18. The summed E-state index contributed by atoms with van der Waals surface area (Å²) >= 11 is 0. The molecular formula is C18H23F2N3O. The van der Waals surface area contributed by atoms with Gasteiger partial charge in [-0.3, -0.25) is 0 Å². The van der Waals surface area contributed by atoms with Gasteiger partial charge in [-0.1, -0.05) is 0 Å². The molecule has 2 aliphatic heterocycles. The van der Waals surface area contributed by atoms with Crippen molar-refractivity contribution in [1.82, 2.24) is 9.80 Å². The van der Waals surface area contributed by atoms with Crippen molar-refractivity contribution in [1.29, 1.82) is 0 Å². The fourth-order valence-corrected chi connectivity index (χ4v) is 3.58. The van der Waals surface area contributed by atoms with Crippen LogP contribution in [0.2, 0.25) is 0 Å². The molecule has 2 aliphatic rings. The number of rotatable bonds is 3. The number of benzene rings is 1. The first-order valence-electron chi connectivity index (χ1n) is 8.14. The minimum absolute atomic E-state index is 0.0245. The summed E-state index contributed by atoms with van der Waals surface area (Å²) in [5.74, 6) is 0.374. The van der Waals surface area contributed by atoms with Gasteiger partial charge in [-0.05, 0) is 45.4 Å². The van der Waals surface area contributed by atoms with Crippen LogP contribution in [-0.4, -0.2) is 40.5 Å². The molecule has 6 heteroatoms. The highest BCUT2D eigenvalue weighted by atomic mass is 19.1. The third-order valence-electron chi connectivity index (χ3n) is 4.28. The minimum Gasteiger partial charge on any atom is -0.473 e. The van der Waals surface area contributed by atoms with Crippen molar-refractivity contribution in [2.45, 2.75) is 45.9 Å². The van der Waals surface area contributed by atoms with E-state index in [4.69, 9.17) is 4.74 Å². The molecule has 4 nitrogen and oxygen atoms in total. The molecule has 3 rings (SSSR count). The van der Waals surface area contributed by atoms with Gasteiger partial charge < -0.3 is 14.5 Å². The van der Waals surface area contributed by atoms with Crippen LogP contribution >= 0.6 is 0 Å². The van der Waals surface area contributed by atoms with E-state index >= 15 is 0 Å². The number of nitrogens with zero attached hydrogens (tertiary/aromatic N) is 3. The smallest absolute Gasteiger partial charge is 0.214 e. The molecule has 0 saturated carbocycles. The molecule has 1 aromatic carbocycles. The molecule has 0 radical (unpaired) electrons. The molecule has 0 amide bonds. The van der Waals surface area contributed by atoms with Crippen molar-refractivity contribution < 1.29 is 13.5 Å². The van der Waals surface area contributed by atoms with Crippen molar-refractivity contribution in [3.63, 3.8) is 0 Å². The molecule has 0 atom stereocenters. The van der Waals surface area contributed by atoms with Crippen LogP contribution in [0.25, 0.3) is 0 Å². The van der Waals surface area contributed by atoms with Crippen LogP contribution < -0.4 is 0 Å². The quantitative estimate of drug-likeness (QED) is 0.846. The van der Waals surface area contributed by atoms with E-state index in [1.807, 2.05) is 6.08 Å². The van der Waals surface area contributed by atoms with Crippen LogP contribution in [0.1, 0.15) is 33.3 Å². The molecule has 0 unspecified atom stereocenters. The van der Waals surface area contributed by atoms with E-state index in [2.05, 4.69) is 42.5 Å². The monoisotopic (exact) mass is 335 g/mol. The van der Waals surface area contributed by atoms with Gasteiger partial charge in [-0.2, -0.15) is 0 Å². The third-order valence-corrected chi connectivity index (χ3v) is 4.28. The number of halogens is 2. The third kappa shape index (κ3) is 3.23. The lowest BCUT2D eigenvalue weighted by atomic mass is 10.0. The van der Waals surface area contributed by atoms with Crippen LogP contribution in [-0.2, 0) is 11.3 Å². The highest BCUT2D eigenvalue weighted by molar-refractivity contribution is 5.89. The summed E-state index contributed by atoms with van der Waals surface area (Å²) in [6, 6.07) is 3.74. The molecule has 1 saturated heterocycles. The Kier molecular flexibility index (Phi) is 4.24. The van der Waals surface area contributed by atoms with Crippen molar-refractivity contribution in [2.24, 2.45) is 4.99 Å². The number of ether oxygens (including phenoxy) is 1. The highest BCUT2D eigenvalue weighted by Crippen LogP contribution is 2.35. The fraction of sp³-hybridized carbons (Fsp3) is 0.500. The van der Waals surface area contributed by atoms with E-state index in [9.17, 15) is 8.78 Å². The molecular weight excluding hydrogens is 312 g/mol. The van der Waals surface area contributed by atoms with E-state index in [0.29, 0.717) is 24.2 Å². The van der Waals surface area contributed by atoms with Crippen molar-refractivity contribution in [3.8, 4) is 0 Å². The lowest BCUT2D eigenvalue weighted by Crippen LogP contribution is -2.43. The maximum absolute atomic E-state index is 13.2. The van der Waals surface area contributed by atoms with Crippen molar-refractivity contribution >= 4 is 5.90 Å². The van der Waals surface area contributed by atoms with Crippen LogP contribution in [0.3, 0.4) is 0 Å². The van der Waals surface area contributed by atoms with E-state index in [0.717, 1.165) is 18.4 Å². The molecule has 0 spiro atoms. The van der Waals surface area contributed by atoms with Gasteiger partial charge in [0, 0.05) is 24.7 Å². The van der Waals surface area contributed by atoms with E-state index < -0.39 is 11.6 Å². The fourth-order valence-electron chi connectivity index (χ4n) is 3.58. The SMILES string of the molecule is CC(C)N1C2=CC(OCc3cc(F)cc(F)c3)=NCN2CC1(C)C. The van der Waals surface area contributed by atoms with Gasteiger partial charge in [-0.25, -0.2) is 13.8 Å². The number of hydrogen-bond donors (Lipinski definition) is 0. The Balaban J connectivity index is 1.74. The standard InChI is InChI=1S/C18H23F2N3O/c1-12(2)23-17-8-16(21-11-22(17)10-18(23,3)4)24-9-13-5-14(19)7-15(20)6-13/h5-8,12H,9-11H2,1-4H3. The summed E-state index contributed by atoms with van der Waals surface area (Å²) in [5.41, 5.74) is 0.472. The zero-order chi connectivity index (χ0) is 17.5. The zero-order valence-electron chi connectivity index (χ0n) is 14.5. The summed E-state index contributed by atoms with van der Waals surface area (Å²) in [7, 11) is 0. The predicted molar refractivity (Wildman–Crippen MR) is 89.3 cm³/mol. The normalized spacial score (nSPS) is 19.3. The number of fused-ring (bicyclic) bond motifs is 1. The number of aliphatic imine (C=N–C) groups is 1. The Morgan fingerprint density at radius 1 is 1.21 bits per heavy atom. The van der Waals surface area contributed by atoms with Crippen LogP contribution in [0.4, 0.5) is 8.78 Å². The topological polar surface area (TPSA) is 28.1 Å². The van der Waals surface area contributed by atoms with Crippen LogP contribution in [0.5, 0.6) is 0 Å². The lowest BCUT2D eigenvalue weighted by Gasteiger charge is -2.36. The summed E-state index contributed by atoms with van der Waals surface area (Å²) in [6.07, 6.45) is 1.91. The molecule has 0 aromatic heterocycles. The molecule has 0 N–H and O–H groups in total. The Hall–Kier alpha value is -2.11. The first-order chi connectivity index (χ1) is 11.3. The molecule has 1 fully saturated rings. The lowest BCUT2D eigenvalue weighted by molar-refractivity contribution is 0.174. The average Bonchev–Trinajstić information content (AvgIpc) is 2.73. The Bertz CT molecular complexity index is 677. The Morgan fingerprint density at radius 3 is 2.50 bits per heavy atom. The molecule has 1 aromatic rings. The average molecular weight is 335 g/mol. The van der Waals surface area contributed by atoms with Crippen LogP contribution in [0, 0.1) is 11.6 Å². The first kappa shape index (κ1) is 16.7. The molecule has 130 valence electrons. The zero-order valence-corrected chi connectivity index (χ0v) is 14.5. The van der Waals surface area contributed by atoms with Gasteiger partial charge in [0.2, 0.25) is 5.90 Å². The minimum atomic E-state index is -0.604. The maximum atomic E-state index is 13.2. The summed E-state index contributed by atoms with van der Waals surface area (Å²) < 4.78 is 32.2. The van der Waals surface area contributed by atoms with E-state index in [1.54, 1.807) is 0 Å². The highest BCUT2D eigenvalue weighted by Gasteiger charge is 2.42. The first-order valence-corrected chi connectivity index (χ1v) is 8.14. The van der Waals surface area contributed by atoms with E-state index in [-0.39, 0.29) is 12.1 Å². The van der Waals surface area contributed by atoms with E-state index in [1.165, 1.54) is 12.1 Å². The molecule has 24 heavy (non-hydrogen) atoms. The van der Waals surface area contributed by atoms with Gasteiger partial charge >= 0.3 is 0 Å². The van der Waals surface area contributed by atoms with Gasteiger partial charge in [-0.15, -0.1) is 0 Å². The van der Waals surface area contributed by atoms with Gasteiger partial charge in [0.25, 0.3) is 0 Å².